The van der Waals surface area contributed by atoms with Crippen LogP contribution in [0.3, 0.4) is 0 Å². The van der Waals surface area contributed by atoms with E-state index < -0.39 is 16.1 Å². The van der Waals surface area contributed by atoms with Gasteiger partial charge in [-0.3, -0.25) is 0 Å². The zero-order valence-corrected chi connectivity index (χ0v) is 12.9. The van der Waals surface area contributed by atoms with E-state index in [1.54, 1.807) is 32.9 Å². The molecule has 0 aliphatic rings. The Labute approximate surface area is 119 Å². The Kier molecular flexibility index (Phi) is 5.77. The average Bonchev–Trinajstić information content (AvgIpc) is 2.31. The molecule has 0 saturated carbocycles. The first kappa shape index (κ1) is 16.4. The summed E-state index contributed by atoms with van der Waals surface area (Å²) in [5.41, 5.74) is 1.14. The van der Waals surface area contributed by atoms with E-state index in [1.165, 1.54) is 6.07 Å². The molecule has 1 N–H and O–H groups in total. The molecule has 0 aliphatic heterocycles. The number of benzene rings is 1. The van der Waals surface area contributed by atoms with E-state index in [1.807, 2.05) is 0 Å². The van der Waals surface area contributed by atoms with Gasteiger partial charge in [0.1, 0.15) is 5.82 Å². The normalized spacial score (nSPS) is 15.2. The third kappa shape index (κ3) is 5.09. The Balaban J connectivity index is 2.78. The lowest BCUT2D eigenvalue weighted by molar-refractivity contribution is 0.553. The maximum Gasteiger partial charge on any atom is 0.212 e. The quantitative estimate of drug-likeness (QED) is 0.821. The average molecular weight is 308 g/mol. The molecule has 3 nitrogen and oxygen atoms in total. The van der Waals surface area contributed by atoms with Crippen LogP contribution in [0.25, 0.3) is 0 Å². The second-order valence-electron chi connectivity index (χ2n) is 4.89. The van der Waals surface area contributed by atoms with Crippen molar-refractivity contribution in [1.82, 2.24) is 4.72 Å². The van der Waals surface area contributed by atoms with E-state index in [0.29, 0.717) is 11.1 Å². The highest BCUT2D eigenvalue weighted by Gasteiger charge is 2.19. The lowest BCUT2D eigenvalue weighted by Gasteiger charge is -2.16. The molecule has 0 bridgehead atoms. The number of nitrogens with one attached hydrogen (secondary N) is 1. The van der Waals surface area contributed by atoms with Gasteiger partial charge < -0.3 is 0 Å². The van der Waals surface area contributed by atoms with Crippen LogP contribution in [0, 0.1) is 18.7 Å². The van der Waals surface area contributed by atoms with E-state index in [-0.39, 0.29) is 23.4 Å². The number of hydrogen-bond donors (Lipinski definition) is 1. The topological polar surface area (TPSA) is 46.2 Å². The Bertz CT molecular complexity index is 533. The van der Waals surface area contributed by atoms with Crippen LogP contribution in [-0.4, -0.2) is 20.1 Å². The minimum Gasteiger partial charge on any atom is -0.212 e. The fraction of sp³-hybridized carbons (Fsp3) is 0.538. The number of sulfonamides is 1. The van der Waals surface area contributed by atoms with Crippen LogP contribution >= 0.6 is 11.6 Å². The molecule has 6 heteroatoms. The number of rotatable bonds is 6. The molecule has 0 fully saturated rings. The van der Waals surface area contributed by atoms with Gasteiger partial charge in [-0.25, -0.2) is 17.5 Å². The van der Waals surface area contributed by atoms with Crippen molar-refractivity contribution in [3.8, 4) is 0 Å². The Morgan fingerprint density at radius 1 is 1.37 bits per heavy atom. The molecule has 1 aromatic rings. The highest BCUT2D eigenvalue weighted by Crippen LogP contribution is 2.17. The minimum atomic E-state index is -3.42. The first-order valence-corrected chi connectivity index (χ1v) is 8.26. The van der Waals surface area contributed by atoms with Crippen LogP contribution in [0.4, 0.5) is 4.39 Å². The number of hydrogen-bond acceptors (Lipinski definition) is 2. The van der Waals surface area contributed by atoms with Gasteiger partial charge >= 0.3 is 0 Å². The molecular weight excluding hydrogens is 289 g/mol. The summed E-state index contributed by atoms with van der Waals surface area (Å²) < 4.78 is 39.7. The van der Waals surface area contributed by atoms with Crippen LogP contribution in [0.1, 0.15) is 31.0 Å². The Morgan fingerprint density at radius 2 is 2.00 bits per heavy atom. The van der Waals surface area contributed by atoms with Crippen molar-refractivity contribution < 1.29 is 12.8 Å². The number of aryl methyl sites for hydroxylation is 1. The largest absolute Gasteiger partial charge is 0.212 e. The van der Waals surface area contributed by atoms with Crippen molar-refractivity contribution >= 4 is 21.6 Å². The van der Waals surface area contributed by atoms with Gasteiger partial charge in [0.25, 0.3) is 0 Å². The molecule has 0 aliphatic carbocycles. The minimum absolute atomic E-state index is 0.0326. The molecule has 1 aromatic carbocycles. The van der Waals surface area contributed by atoms with Crippen molar-refractivity contribution in [1.29, 1.82) is 0 Å². The highest BCUT2D eigenvalue weighted by molar-refractivity contribution is 7.89. The van der Waals surface area contributed by atoms with Crippen LogP contribution in [-0.2, 0) is 10.0 Å². The van der Waals surface area contributed by atoms with E-state index in [2.05, 4.69) is 4.72 Å². The van der Waals surface area contributed by atoms with Gasteiger partial charge in [-0.15, -0.1) is 11.6 Å². The van der Waals surface area contributed by atoms with Crippen LogP contribution in [0.5, 0.6) is 0 Å². The molecule has 0 saturated heterocycles. The molecule has 0 aromatic heterocycles. The molecular formula is C13H19ClFNO2S. The van der Waals surface area contributed by atoms with Crippen molar-refractivity contribution in [3.05, 3.63) is 35.1 Å². The van der Waals surface area contributed by atoms with Crippen molar-refractivity contribution in [2.45, 2.75) is 26.8 Å². The molecule has 2 atom stereocenters. The van der Waals surface area contributed by atoms with Crippen molar-refractivity contribution in [3.63, 3.8) is 0 Å². The summed E-state index contributed by atoms with van der Waals surface area (Å²) in [6.45, 7) is 5.12. The molecule has 1 rings (SSSR count). The SMILES string of the molecule is Cc1ccc(C(C)NS(=O)(=O)CC(C)CCl)cc1F. The summed E-state index contributed by atoms with van der Waals surface area (Å²) in [5, 5.41) is 0. The van der Waals surface area contributed by atoms with Crippen LogP contribution in [0.15, 0.2) is 18.2 Å². The van der Waals surface area contributed by atoms with Gasteiger partial charge in [0.15, 0.2) is 0 Å². The standard InChI is InChI=1S/C13H19ClFNO2S/c1-9(7-14)8-19(17,18)16-11(3)12-5-4-10(2)13(15)6-12/h4-6,9,11,16H,7-8H2,1-3H3. The maximum absolute atomic E-state index is 13.4. The summed E-state index contributed by atoms with van der Waals surface area (Å²) in [6.07, 6.45) is 0. The smallest absolute Gasteiger partial charge is 0.212 e. The van der Waals surface area contributed by atoms with Crippen LogP contribution in [0.2, 0.25) is 0 Å². The fourth-order valence-corrected chi connectivity index (χ4v) is 3.56. The van der Waals surface area contributed by atoms with Gasteiger partial charge in [-0.05, 0) is 37.0 Å². The lowest BCUT2D eigenvalue weighted by Crippen LogP contribution is -2.31. The van der Waals surface area contributed by atoms with E-state index in [9.17, 15) is 12.8 Å². The molecule has 19 heavy (non-hydrogen) atoms. The zero-order valence-electron chi connectivity index (χ0n) is 11.3. The van der Waals surface area contributed by atoms with Gasteiger partial charge in [0.05, 0.1) is 5.75 Å². The second kappa shape index (κ2) is 6.68. The Morgan fingerprint density at radius 3 is 2.53 bits per heavy atom. The number of alkyl halides is 1. The monoisotopic (exact) mass is 307 g/mol. The Hall–Kier alpha value is -0.650. The summed E-state index contributed by atoms with van der Waals surface area (Å²) >= 11 is 5.61. The third-order valence-electron chi connectivity index (χ3n) is 2.82. The predicted molar refractivity (Wildman–Crippen MR) is 76.4 cm³/mol. The zero-order chi connectivity index (χ0) is 14.6. The van der Waals surface area contributed by atoms with Gasteiger partial charge in [-0.1, -0.05) is 19.1 Å². The molecule has 2 unspecified atom stereocenters. The van der Waals surface area contributed by atoms with Gasteiger partial charge in [-0.2, -0.15) is 0 Å². The summed E-state index contributed by atoms with van der Waals surface area (Å²) in [6, 6.07) is 4.24. The molecule has 0 heterocycles. The fourth-order valence-electron chi connectivity index (χ4n) is 1.68. The van der Waals surface area contributed by atoms with Gasteiger partial charge in [0.2, 0.25) is 10.0 Å². The third-order valence-corrected chi connectivity index (χ3v) is 5.07. The molecule has 0 amide bonds. The molecule has 108 valence electrons. The maximum atomic E-state index is 13.4. The lowest BCUT2D eigenvalue weighted by atomic mass is 10.1. The van der Waals surface area contributed by atoms with Gasteiger partial charge in [0, 0.05) is 11.9 Å². The molecule has 0 spiro atoms. The first-order chi connectivity index (χ1) is 8.75. The second-order valence-corrected chi connectivity index (χ2v) is 7.00. The number of halogens is 2. The van der Waals surface area contributed by atoms with E-state index in [0.717, 1.165) is 0 Å². The first-order valence-electron chi connectivity index (χ1n) is 6.07. The van der Waals surface area contributed by atoms with Crippen LogP contribution < -0.4 is 4.72 Å². The molecule has 0 radical (unpaired) electrons. The predicted octanol–water partition coefficient (Wildman–Crippen LogP) is 2.99. The highest BCUT2D eigenvalue weighted by atomic mass is 35.5. The van der Waals surface area contributed by atoms with E-state index in [4.69, 9.17) is 11.6 Å². The summed E-state index contributed by atoms with van der Waals surface area (Å²) in [4.78, 5) is 0. The van der Waals surface area contributed by atoms with Crippen molar-refractivity contribution in [2.24, 2.45) is 5.92 Å². The van der Waals surface area contributed by atoms with E-state index >= 15 is 0 Å². The summed E-state index contributed by atoms with van der Waals surface area (Å²) in [7, 11) is -3.42. The van der Waals surface area contributed by atoms with Crippen molar-refractivity contribution in [2.75, 3.05) is 11.6 Å². The summed E-state index contributed by atoms with van der Waals surface area (Å²) in [5.74, 6) is -0.206.